The Morgan fingerprint density at radius 2 is 1.58 bits per heavy atom. The van der Waals surface area contributed by atoms with Crippen molar-refractivity contribution in [1.82, 2.24) is 0 Å². The molecule has 3 N–H and O–H groups in total. The molecule has 0 saturated carbocycles. The Bertz CT molecular complexity index is 1220. The minimum Gasteiger partial charge on any atom is -0.506 e. The molecule has 4 rings (SSSR count). The number of imide groups is 1. The van der Waals surface area contributed by atoms with Gasteiger partial charge in [-0.15, -0.1) is 0 Å². The lowest BCUT2D eigenvalue weighted by Crippen LogP contribution is -2.32. The van der Waals surface area contributed by atoms with E-state index in [4.69, 9.17) is 11.6 Å². The molecule has 1 heterocycles. The molecule has 8 heteroatoms. The maximum atomic E-state index is 12.8. The van der Waals surface area contributed by atoms with Crippen LogP contribution in [0.15, 0.2) is 89.6 Å². The standard InChI is InChI=1S/C23H16ClN3O4/c24-19-20(23(31)27(22(19)30)16-9-2-1-3-10-16)25-15-8-6-7-14(13-15)21(29)26-17-11-4-5-12-18(17)28/h1-13,25,28H,(H,26,29). The maximum absolute atomic E-state index is 12.8. The van der Waals surface area contributed by atoms with Crippen molar-refractivity contribution in [2.75, 3.05) is 15.5 Å². The van der Waals surface area contributed by atoms with Crippen molar-refractivity contribution >= 4 is 46.4 Å². The highest BCUT2D eigenvalue weighted by molar-refractivity contribution is 6.53. The van der Waals surface area contributed by atoms with E-state index in [1.807, 2.05) is 0 Å². The highest BCUT2D eigenvalue weighted by Gasteiger charge is 2.38. The van der Waals surface area contributed by atoms with E-state index in [1.165, 1.54) is 12.1 Å². The molecule has 0 aliphatic carbocycles. The maximum Gasteiger partial charge on any atom is 0.283 e. The molecule has 7 nitrogen and oxygen atoms in total. The highest BCUT2D eigenvalue weighted by atomic mass is 35.5. The van der Waals surface area contributed by atoms with Crippen LogP contribution in [0.5, 0.6) is 5.75 Å². The molecule has 1 aliphatic heterocycles. The third-order valence-electron chi connectivity index (χ3n) is 4.59. The van der Waals surface area contributed by atoms with Gasteiger partial charge in [0.2, 0.25) is 0 Å². The molecule has 0 saturated heterocycles. The zero-order valence-electron chi connectivity index (χ0n) is 16.0. The molecule has 0 bridgehead atoms. The van der Waals surface area contributed by atoms with E-state index >= 15 is 0 Å². The van der Waals surface area contributed by atoms with Gasteiger partial charge in [-0.1, -0.05) is 48.0 Å². The number of amides is 3. The van der Waals surface area contributed by atoms with Crippen molar-refractivity contribution < 1.29 is 19.5 Å². The van der Waals surface area contributed by atoms with Crippen molar-refractivity contribution in [3.05, 3.63) is 95.2 Å². The second-order valence-corrected chi connectivity index (χ2v) is 7.03. The first kappa shape index (κ1) is 20.2. The molecule has 154 valence electrons. The fourth-order valence-electron chi connectivity index (χ4n) is 3.08. The normalized spacial score (nSPS) is 13.5. The van der Waals surface area contributed by atoms with Crippen molar-refractivity contribution in [3.8, 4) is 5.75 Å². The Balaban J connectivity index is 1.55. The van der Waals surface area contributed by atoms with Crippen LogP contribution in [0.25, 0.3) is 0 Å². The number of hydrogen-bond donors (Lipinski definition) is 3. The number of nitrogens with zero attached hydrogens (tertiary/aromatic N) is 1. The second-order valence-electron chi connectivity index (χ2n) is 6.65. The largest absolute Gasteiger partial charge is 0.506 e. The van der Waals surface area contributed by atoms with Crippen LogP contribution in [0.4, 0.5) is 17.1 Å². The van der Waals surface area contributed by atoms with Crippen LogP contribution in [0, 0.1) is 0 Å². The van der Waals surface area contributed by atoms with Gasteiger partial charge in [0.15, 0.2) is 0 Å². The average molecular weight is 434 g/mol. The predicted molar refractivity (Wildman–Crippen MR) is 118 cm³/mol. The molecule has 0 aromatic heterocycles. The molecule has 1 aliphatic rings. The molecule has 3 aromatic carbocycles. The van der Waals surface area contributed by atoms with Crippen molar-refractivity contribution in [2.45, 2.75) is 0 Å². The fourth-order valence-corrected chi connectivity index (χ4v) is 3.29. The van der Waals surface area contributed by atoms with Crippen LogP contribution in [0.1, 0.15) is 10.4 Å². The zero-order chi connectivity index (χ0) is 22.0. The van der Waals surface area contributed by atoms with Gasteiger partial charge < -0.3 is 15.7 Å². The lowest BCUT2D eigenvalue weighted by atomic mass is 10.1. The number of phenolic OH excluding ortho intramolecular Hbond substituents is 1. The van der Waals surface area contributed by atoms with Crippen LogP contribution in [0.2, 0.25) is 0 Å². The highest BCUT2D eigenvalue weighted by Crippen LogP contribution is 2.30. The summed E-state index contributed by atoms with van der Waals surface area (Å²) in [5, 5.41) is 15.1. The average Bonchev–Trinajstić information content (AvgIpc) is 2.99. The Labute approximate surface area is 182 Å². The van der Waals surface area contributed by atoms with Gasteiger partial charge in [0.1, 0.15) is 16.5 Å². The molecule has 3 aromatic rings. The van der Waals surface area contributed by atoms with Gasteiger partial charge in [-0.3, -0.25) is 14.4 Å². The lowest BCUT2D eigenvalue weighted by molar-refractivity contribution is -0.120. The fraction of sp³-hybridized carbons (Fsp3) is 0. The van der Waals surface area contributed by atoms with Crippen molar-refractivity contribution in [3.63, 3.8) is 0 Å². The smallest absolute Gasteiger partial charge is 0.283 e. The Kier molecular flexibility index (Phi) is 5.43. The number of hydrogen-bond acceptors (Lipinski definition) is 5. The van der Waals surface area contributed by atoms with Crippen LogP contribution < -0.4 is 15.5 Å². The molecule has 0 atom stereocenters. The quantitative estimate of drug-likeness (QED) is 0.416. The van der Waals surface area contributed by atoms with E-state index in [2.05, 4.69) is 10.6 Å². The molecule has 31 heavy (non-hydrogen) atoms. The number of aromatic hydroxyl groups is 1. The third kappa shape index (κ3) is 3.99. The Morgan fingerprint density at radius 3 is 2.32 bits per heavy atom. The summed E-state index contributed by atoms with van der Waals surface area (Å²) in [6.07, 6.45) is 0. The Hall–Kier alpha value is -4.10. The minimum absolute atomic E-state index is 0.0573. The van der Waals surface area contributed by atoms with E-state index in [1.54, 1.807) is 66.7 Å². The van der Waals surface area contributed by atoms with Gasteiger partial charge in [0.05, 0.1) is 11.4 Å². The number of para-hydroxylation sites is 3. The van der Waals surface area contributed by atoms with Crippen LogP contribution >= 0.6 is 11.6 Å². The monoisotopic (exact) mass is 433 g/mol. The van der Waals surface area contributed by atoms with E-state index in [-0.39, 0.29) is 27.7 Å². The number of phenols is 1. The summed E-state index contributed by atoms with van der Waals surface area (Å²) < 4.78 is 0. The summed E-state index contributed by atoms with van der Waals surface area (Å²) in [4.78, 5) is 38.9. The summed E-state index contributed by atoms with van der Waals surface area (Å²) in [6.45, 7) is 0. The number of rotatable bonds is 5. The van der Waals surface area contributed by atoms with Crippen LogP contribution in [-0.4, -0.2) is 22.8 Å². The van der Waals surface area contributed by atoms with Gasteiger partial charge >= 0.3 is 0 Å². The molecule has 0 fully saturated rings. The van der Waals surface area contributed by atoms with Crippen LogP contribution in [0.3, 0.4) is 0 Å². The molecular weight excluding hydrogens is 418 g/mol. The number of carbonyl (C=O) groups is 3. The number of anilines is 3. The third-order valence-corrected chi connectivity index (χ3v) is 4.94. The van der Waals surface area contributed by atoms with Gasteiger partial charge in [-0.25, -0.2) is 4.90 Å². The SMILES string of the molecule is O=C(Nc1ccccc1O)c1cccc(NC2=C(Cl)C(=O)N(c3ccccc3)C2=O)c1. The summed E-state index contributed by atoms with van der Waals surface area (Å²) in [6, 6.07) is 21.2. The van der Waals surface area contributed by atoms with E-state index < -0.39 is 17.7 Å². The summed E-state index contributed by atoms with van der Waals surface area (Å²) in [5.74, 6) is -1.73. The zero-order valence-corrected chi connectivity index (χ0v) is 16.8. The molecular formula is C23H16ClN3O4. The summed E-state index contributed by atoms with van der Waals surface area (Å²) in [5.41, 5.74) is 1.28. The first-order chi connectivity index (χ1) is 15.0. The van der Waals surface area contributed by atoms with Gasteiger partial charge in [0.25, 0.3) is 17.7 Å². The predicted octanol–water partition coefficient (Wildman–Crippen LogP) is 4.08. The molecule has 0 radical (unpaired) electrons. The molecule has 0 unspecified atom stereocenters. The van der Waals surface area contributed by atoms with Crippen molar-refractivity contribution in [1.29, 1.82) is 0 Å². The number of nitrogens with one attached hydrogen (secondary N) is 2. The van der Waals surface area contributed by atoms with Gasteiger partial charge in [-0.05, 0) is 42.5 Å². The minimum atomic E-state index is -0.631. The van der Waals surface area contributed by atoms with Crippen LogP contribution in [-0.2, 0) is 9.59 Å². The Morgan fingerprint density at radius 1 is 0.871 bits per heavy atom. The molecule has 3 amide bonds. The summed E-state index contributed by atoms with van der Waals surface area (Å²) in [7, 11) is 0. The number of carbonyl (C=O) groups excluding carboxylic acids is 3. The van der Waals surface area contributed by atoms with E-state index in [0.29, 0.717) is 11.4 Å². The topological polar surface area (TPSA) is 98.7 Å². The van der Waals surface area contributed by atoms with Gasteiger partial charge in [-0.2, -0.15) is 0 Å². The lowest BCUT2D eigenvalue weighted by Gasteiger charge is -2.15. The number of benzene rings is 3. The van der Waals surface area contributed by atoms with Gasteiger partial charge in [0, 0.05) is 11.3 Å². The van der Waals surface area contributed by atoms with Crippen molar-refractivity contribution in [2.24, 2.45) is 0 Å². The second kappa shape index (κ2) is 8.33. The first-order valence-electron chi connectivity index (χ1n) is 9.26. The number of halogens is 1. The van der Waals surface area contributed by atoms with E-state index in [9.17, 15) is 19.5 Å². The van der Waals surface area contributed by atoms with E-state index in [0.717, 1.165) is 4.90 Å². The first-order valence-corrected chi connectivity index (χ1v) is 9.63. The molecule has 0 spiro atoms. The summed E-state index contributed by atoms with van der Waals surface area (Å²) >= 11 is 6.14.